The van der Waals surface area contributed by atoms with Crippen LogP contribution in [0.15, 0.2) is 67.3 Å². The van der Waals surface area contributed by atoms with Gasteiger partial charge in [-0.2, -0.15) is 0 Å². The van der Waals surface area contributed by atoms with Gasteiger partial charge in [0.15, 0.2) is 0 Å². The first-order valence-corrected chi connectivity index (χ1v) is 13.9. The molecule has 3 amide bonds. The predicted molar refractivity (Wildman–Crippen MR) is 159 cm³/mol. The minimum absolute atomic E-state index is 0.000224. The highest BCUT2D eigenvalue weighted by atomic mass is 16.4. The Balaban J connectivity index is 1.57. The highest BCUT2D eigenvalue weighted by Gasteiger charge is 2.32. The van der Waals surface area contributed by atoms with Crippen molar-refractivity contribution in [3.05, 3.63) is 84.1 Å². The zero-order valence-corrected chi connectivity index (χ0v) is 23.9. The lowest BCUT2D eigenvalue weighted by Crippen LogP contribution is -2.59. The van der Waals surface area contributed by atoms with Crippen LogP contribution in [0.5, 0.6) is 5.75 Å². The first-order valence-electron chi connectivity index (χ1n) is 13.9. The SMILES string of the molecule is CC(O)C(N)C(=O)NC(Cc1cnc[nH]1)C(=O)NC(Cc1ccc(O)cc1)C(=O)NC(Cc1c[nH]c2ccccc12)C(=O)O. The first kappa shape index (κ1) is 31.7. The molecule has 14 nitrogen and oxygen atoms in total. The average molecular weight is 606 g/mol. The van der Waals surface area contributed by atoms with Crippen LogP contribution in [0.25, 0.3) is 10.9 Å². The number of nitrogens with zero attached hydrogens (tertiary/aromatic N) is 1. The molecule has 0 aliphatic rings. The minimum atomic E-state index is -1.33. The summed E-state index contributed by atoms with van der Waals surface area (Å²) in [5.41, 5.74) is 8.33. The molecule has 4 aromatic rings. The number of phenols is 1. The molecule has 4 rings (SSSR count). The van der Waals surface area contributed by atoms with Crippen molar-refractivity contribution in [3.63, 3.8) is 0 Å². The number of nitrogens with one attached hydrogen (secondary N) is 5. The van der Waals surface area contributed by atoms with Gasteiger partial charge in [0.2, 0.25) is 17.7 Å². The van der Waals surface area contributed by atoms with Crippen LogP contribution in [0.1, 0.15) is 23.7 Å². The van der Waals surface area contributed by atoms with E-state index in [2.05, 4.69) is 30.9 Å². The van der Waals surface area contributed by atoms with Gasteiger partial charge < -0.3 is 47.0 Å². The molecule has 232 valence electrons. The number of benzene rings is 2. The summed E-state index contributed by atoms with van der Waals surface area (Å²) in [5, 5.41) is 37.9. The van der Waals surface area contributed by atoms with Crippen LogP contribution in [-0.2, 0) is 38.4 Å². The van der Waals surface area contributed by atoms with Crippen molar-refractivity contribution in [2.45, 2.75) is 56.5 Å². The maximum absolute atomic E-state index is 13.6. The Bertz CT molecular complexity index is 1580. The third kappa shape index (κ3) is 8.20. The molecule has 5 unspecified atom stereocenters. The van der Waals surface area contributed by atoms with Crippen molar-refractivity contribution < 1.29 is 34.5 Å². The number of rotatable bonds is 14. The number of aliphatic hydroxyl groups is 1. The maximum atomic E-state index is 13.6. The first-order chi connectivity index (χ1) is 21.0. The molecule has 2 heterocycles. The number of carbonyl (C=O) groups is 4. The molecular weight excluding hydrogens is 570 g/mol. The molecule has 2 aromatic heterocycles. The second-order valence-electron chi connectivity index (χ2n) is 10.5. The smallest absolute Gasteiger partial charge is 0.326 e. The number of para-hydroxylation sites is 1. The van der Waals surface area contributed by atoms with Gasteiger partial charge in [-0.15, -0.1) is 0 Å². The Kier molecular flexibility index (Phi) is 10.3. The van der Waals surface area contributed by atoms with E-state index in [1.807, 2.05) is 24.3 Å². The Labute approximate surface area is 252 Å². The monoisotopic (exact) mass is 605 g/mol. The van der Waals surface area contributed by atoms with Crippen molar-refractivity contribution in [2.75, 3.05) is 0 Å². The second kappa shape index (κ2) is 14.3. The van der Waals surface area contributed by atoms with Gasteiger partial charge in [-0.3, -0.25) is 14.4 Å². The molecule has 10 N–H and O–H groups in total. The van der Waals surface area contributed by atoms with Crippen molar-refractivity contribution in [1.29, 1.82) is 0 Å². The van der Waals surface area contributed by atoms with Gasteiger partial charge in [0.1, 0.15) is 29.9 Å². The number of imidazole rings is 1. The number of carbonyl (C=O) groups excluding carboxylic acids is 3. The van der Waals surface area contributed by atoms with Crippen LogP contribution in [0.4, 0.5) is 0 Å². The summed E-state index contributed by atoms with van der Waals surface area (Å²) in [6.07, 6.45) is 3.22. The van der Waals surface area contributed by atoms with Gasteiger partial charge in [0, 0.05) is 48.3 Å². The summed E-state index contributed by atoms with van der Waals surface area (Å²) < 4.78 is 0. The molecular formula is C30H35N7O7. The van der Waals surface area contributed by atoms with E-state index < -0.39 is 54.0 Å². The fourth-order valence-corrected chi connectivity index (χ4v) is 4.65. The van der Waals surface area contributed by atoms with E-state index in [4.69, 9.17) is 5.73 Å². The van der Waals surface area contributed by atoms with E-state index in [1.165, 1.54) is 31.6 Å². The molecule has 14 heteroatoms. The standard InChI is InChI=1S/C30H35N7O7/c1-16(38)26(31)29(42)36-24(12-19-14-32-15-34-19)28(41)35-23(10-17-6-8-20(39)9-7-17)27(40)37-25(30(43)44)11-18-13-33-22-5-3-2-4-21(18)22/h2-9,13-16,23-26,33,38-39H,10-12,31H2,1H3,(H,32,34)(H,35,41)(H,36,42)(H,37,40)(H,43,44). The van der Waals surface area contributed by atoms with Gasteiger partial charge >= 0.3 is 5.97 Å². The number of hydrogen-bond donors (Lipinski definition) is 9. The number of phenolic OH excluding ortho intramolecular Hbond substituents is 1. The highest BCUT2D eigenvalue weighted by molar-refractivity contribution is 5.94. The van der Waals surface area contributed by atoms with Gasteiger partial charge in [-0.25, -0.2) is 9.78 Å². The summed E-state index contributed by atoms with van der Waals surface area (Å²) in [6, 6.07) is 8.17. The van der Waals surface area contributed by atoms with Crippen LogP contribution >= 0.6 is 0 Å². The number of carboxylic acid groups (broad SMARTS) is 1. The van der Waals surface area contributed by atoms with E-state index in [0.717, 1.165) is 10.9 Å². The lowest BCUT2D eigenvalue weighted by molar-refractivity contribution is -0.142. The van der Waals surface area contributed by atoms with Crippen molar-refractivity contribution >= 4 is 34.6 Å². The summed E-state index contributed by atoms with van der Waals surface area (Å²) >= 11 is 0. The van der Waals surface area contributed by atoms with Gasteiger partial charge in [0.25, 0.3) is 0 Å². The Morgan fingerprint density at radius 3 is 2.14 bits per heavy atom. The van der Waals surface area contributed by atoms with Crippen LogP contribution in [0.2, 0.25) is 0 Å². The summed E-state index contributed by atoms with van der Waals surface area (Å²) in [4.78, 5) is 61.9. The Morgan fingerprint density at radius 2 is 1.50 bits per heavy atom. The number of aliphatic carboxylic acids is 1. The molecule has 0 bridgehead atoms. The number of H-pyrrole nitrogens is 2. The predicted octanol–water partition coefficient (Wildman–Crippen LogP) is -0.128. The molecule has 0 radical (unpaired) electrons. The van der Waals surface area contributed by atoms with E-state index in [9.17, 15) is 34.5 Å². The van der Waals surface area contributed by atoms with Crippen LogP contribution in [-0.4, -0.2) is 84.2 Å². The highest BCUT2D eigenvalue weighted by Crippen LogP contribution is 2.19. The number of hydrogen-bond acceptors (Lipinski definition) is 8. The number of amides is 3. The summed E-state index contributed by atoms with van der Waals surface area (Å²) in [5.74, 6) is -3.59. The fourth-order valence-electron chi connectivity index (χ4n) is 4.65. The van der Waals surface area contributed by atoms with Crippen molar-refractivity contribution in [2.24, 2.45) is 5.73 Å². The van der Waals surface area contributed by atoms with E-state index in [-0.39, 0.29) is 25.0 Å². The summed E-state index contributed by atoms with van der Waals surface area (Å²) in [6.45, 7) is 1.33. The molecule has 0 spiro atoms. The largest absolute Gasteiger partial charge is 0.508 e. The normalized spacial score (nSPS) is 14.6. The number of carboxylic acids is 1. The molecule has 44 heavy (non-hydrogen) atoms. The van der Waals surface area contributed by atoms with Gasteiger partial charge in [-0.05, 0) is 36.2 Å². The van der Waals surface area contributed by atoms with Crippen LogP contribution < -0.4 is 21.7 Å². The van der Waals surface area contributed by atoms with Crippen molar-refractivity contribution in [1.82, 2.24) is 30.9 Å². The van der Waals surface area contributed by atoms with E-state index in [1.54, 1.807) is 18.3 Å². The fraction of sp³-hybridized carbons (Fsp3) is 0.300. The van der Waals surface area contributed by atoms with Gasteiger partial charge in [-0.1, -0.05) is 30.3 Å². The Hall–Kier alpha value is -5.21. The second-order valence-corrected chi connectivity index (χ2v) is 10.5. The lowest BCUT2D eigenvalue weighted by Gasteiger charge is -2.25. The molecule has 2 aromatic carbocycles. The molecule has 0 saturated carbocycles. The van der Waals surface area contributed by atoms with Gasteiger partial charge in [0.05, 0.1) is 12.4 Å². The maximum Gasteiger partial charge on any atom is 0.326 e. The lowest BCUT2D eigenvalue weighted by atomic mass is 10.0. The number of aliphatic hydroxyl groups excluding tert-OH is 1. The zero-order valence-electron chi connectivity index (χ0n) is 23.9. The number of nitrogens with two attached hydrogens (primary N) is 1. The van der Waals surface area contributed by atoms with E-state index in [0.29, 0.717) is 16.8 Å². The molecule has 0 aliphatic heterocycles. The van der Waals surface area contributed by atoms with Crippen molar-refractivity contribution in [3.8, 4) is 5.75 Å². The number of aromatic hydroxyl groups is 1. The number of aromatic nitrogens is 3. The molecule has 0 aliphatic carbocycles. The molecule has 5 atom stereocenters. The zero-order chi connectivity index (χ0) is 31.8. The summed E-state index contributed by atoms with van der Waals surface area (Å²) in [7, 11) is 0. The minimum Gasteiger partial charge on any atom is -0.508 e. The van der Waals surface area contributed by atoms with Crippen LogP contribution in [0, 0.1) is 0 Å². The molecule has 0 saturated heterocycles. The topological polar surface area (TPSA) is 236 Å². The number of aromatic amines is 2. The Morgan fingerprint density at radius 1 is 0.864 bits per heavy atom. The third-order valence-corrected chi connectivity index (χ3v) is 7.16. The van der Waals surface area contributed by atoms with Crippen LogP contribution in [0.3, 0.4) is 0 Å². The molecule has 0 fully saturated rings. The average Bonchev–Trinajstić information content (AvgIpc) is 3.66. The third-order valence-electron chi connectivity index (χ3n) is 7.16. The number of fused-ring (bicyclic) bond motifs is 1. The quantitative estimate of drug-likeness (QED) is 0.0929. The van der Waals surface area contributed by atoms with E-state index >= 15 is 0 Å².